The quantitative estimate of drug-likeness (QED) is 0.833. The summed E-state index contributed by atoms with van der Waals surface area (Å²) in [5, 5.41) is 7.82. The van der Waals surface area contributed by atoms with Crippen molar-refractivity contribution in [3.8, 4) is 0 Å². The highest BCUT2D eigenvalue weighted by Crippen LogP contribution is 2.42. The van der Waals surface area contributed by atoms with E-state index in [1.807, 2.05) is 25.1 Å². The Bertz CT molecular complexity index is 734. The normalized spacial score (nSPS) is 15.7. The van der Waals surface area contributed by atoms with Crippen molar-refractivity contribution in [2.75, 3.05) is 13.1 Å². The number of carbonyl (C=O) groups excluding carboxylic acids is 2. The van der Waals surface area contributed by atoms with Crippen LogP contribution in [0.1, 0.15) is 46.5 Å². The molecule has 1 aromatic carbocycles. The average Bonchev–Trinajstić information content (AvgIpc) is 3.30. The summed E-state index contributed by atoms with van der Waals surface area (Å²) in [7, 11) is 0. The van der Waals surface area contributed by atoms with Gasteiger partial charge in [-0.15, -0.1) is 11.3 Å². The molecule has 1 heterocycles. The molecule has 0 radical (unpaired) electrons. The molecule has 1 aromatic heterocycles. The Morgan fingerprint density at radius 3 is 2.60 bits per heavy atom. The van der Waals surface area contributed by atoms with E-state index in [0.29, 0.717) is 12.1 Å². The minimum Gasteiger partial charge on any atom is -0.354 e. The fourth-order valence-corrected chi connectivity index (χ4v) is 4.51. The Morgan fingerprint density at radius 1 is 1.12 bits per heavy atom. The van der Waals surface area contributed by atoms with E-state index in [0.717, 1.165) is 18.4 Å². The van der Waals surface area contributed by atoms with Crippen molar-refractivity contribution >= 4 is 23.2 Å². The van der Waals surface area contributed by atoms with E-state index in [-0.39, 0.29) is 23.8 Å². The number of hydrogen-bond donors (Lipinski definition) is 2. The lowest BCUT2D eigenvalue weighted by atomic mass is 9.84. The Morgan fingerprint density at radius 2 is 1.92 bits per heavy atom. The molecule has 1 saturated carbocycles. The minimum absolute atomic E-state index is 0.00724. The zero-order chi connectivity index (χ0) is 17.7. The summed E-state index contributed by atoms with van der Waals surface area (Å²) in [5.41, 5.74) is 1.68. The summed E-state index contributed by atoms with van der Waals surface area (Å²) in [6.45, 7) is 2.59. The van der Waals surface area contributed by atoms with Gasteiger partial charge in [0, 0.05) is 22.4 Å². The molecule has 2 aromatic rings. The molecule has 1 aliphatic rings. The lowest BCUT2D eigenvalue weighted by molar-refractivity contribution is -0.120. The monoisotopic (exact) mass is 356 g/mol. The predicted octanol–water partition coefficient (Wildman–Crippen LogP) is 3.41. The Hall–Kier alpha value is -2.14. The van der Waals surface area contributed by atoms with Crippen molar-refractivity contribution in [1.82, 2.24) is 10.6 Å². The van der Waals surface area contributed by atoms with Crippen LogP contribution in [-0.2, 0) is 10.2 Å². The number of carbonyl (C=O) groups is 2. The fraction of sp³-hybridized carbons (Fsp3) is 0.400. The van der Waals surface area contributed by atoms with Crippen LogP contribution in [0.4, 0.5) is 0 Å². The van der Waals surface area contributed by atoms with Gasteiger partial charge in [0.15, 0.2) is 0 Å². The van der Waals surface area contributed by atoms with Gasteiger partial charge in [0.2, 0.25) is 5.91 Å². The summed E-state index contributed by atoms with van der Waals surface area (Å²) < 4.78 is 0. The lowest BCUT2D eigenvalue weighted by Gasteiger charge is -2.28. The molecular weight excluding hydrogens is 332 g/mol. The first-order chi connectivity index (χ1) is 12.1. The van der Waals surface area contributed by atoms with Crippen LogP contribution >= 0.6 is 11.3 Å². The van der Waals surface area contributed by atoms with E-state index < -0.39 is 0 Å². The predicted molar refractivity (Wildman–Crippen MR) is 101 cm³/mol. The molecule has 0 unspecified atom stereocenters. The molecule has 1 fully saturated rings. The van der Waals surface area contributed by atoms with Gasteiger partial charge in [0.05, 0.1) is 6.54 Å². The maximum atomic E-state index is 12.2. The molecule has 3 rings (SSSR count). The van der Waals surface area contributed by atoms with Crippen molar-refractivity contribution < 1.29 is 9.59 Å². The van der Waals surface area contributed by atoms with Gasteiger partial charge in [-0.05, 0) is 43.3 Å². The molecule has 2 amide bonds. The van der Waals surface area contributed by atoms with Crippen LogP contribution in [0.2, 0.25) is 0 Å². The van der Waals surface area contributed by atoms with Crippen LogP contribution in [0.15, 0.2) is 41.8 Å². The third-order valence-corrected chi connectivity index (χ3v) is 6.03. The molecule has 132 valence electrons. The number of thiophene rings is 1. The van der Waals surface area contributed by atoms with Crippen LogP contribution in [0.3, 0.4) is 0 Å². The number of amides is 2. The van der Waals surface area contributed by atoms with Crippen molar-refractivity contribution in [2.45, 2.75) is 38.0 Å². The summed E-state index contributed by atoms with van der Waals surface area (Å²) in [6.07, 6.45) is 4.64. The van der Waals surface area contributed by atoms with Gasteiger partial charge in [-0.3, -0.25) is 9.59 Å². The largest absolute Gasteiger partial charge is 0.354 e. The van der Waals surface area contributed by atoms with E-state index in [9.17, 15) is 9.59 Å². The van der Waals surface area contributed by atoms with E-state index in [1.54, 1.807) is 17.4 Å². The summed E-state index contributed by atoms with van der Waals surface area (Å²) in [5.74, 6) is -0.350. The second-order valence-corrected chi connectivity index (χ2v) is 7.74. The summed E-state index contributed by atoms with van der Waals surface area (Å²) >= 11 is 1.77. The smallest absolute Gasteiger partial charge is 0.251 e. The maximum absolute atomic E-state index is 12.2. The summed E-state index contributed by atoms with van der Waals surface area (Å²) in [4.78, 5) is 25.7. The van der Waals surface area contributed by atoms with Gasteiger partial charge in [0.1, 0.15) is 0 Å². The summed E-state index contributed by atoms with van der Waals surface area (Å²) in [6, 6.07) is 11.6. The highest BCUT2D eigenvalue weighted by Gasteiger charge is 2.36. The van der Waals surface area contributed by atoms with Crippen LogP contribution in [0, 0.1) is 6.92 Å². The Balaban J connectivity index is 1.52. The van der Waals surface area contributed by atoms with Gasteiger partial charge in [0.25, 0.3) is 5.91 Å². The van der Waals surface area contributed by atoms with Gasteiger partial charge >= 0.3 is 0 Å². The van der Waals surface area contributed by atoms with Crippen molar-refractivity contribution in [3.05, 3.63) is 57.8 Å². The average molecular weight is 356 g/mol. The molecular formula is C20H24N2O2S. The van der Waals surface area contributed by atoms with E-state index in [1.165, 1.54) is 17.7 Å². The third-order valence-electron chi connectivity index (χ3n) is 4.92. The van der Waals surface area contributed by atoms with Crippen molar-refractivity contribution in [3.63, 3.8) is 0 Å². The molecule has 0 atom stereocenters. The van der Waals surface area contributed by atoms with Gasteiger partial charge in [-0.25, -0.2) is 0 Å². The molecule has 25 heavy (non-hydrogen) atoms. The standard InChI is InChI=1S/C20H24N2O2S/c1-15-6-4-7-16(12-15)19(24)21-13-18(23)22-14-20(9-2-3-10-20)17-8-5-11-25-17/h4-8,11-12H,2-3,9-10,13-14H2,1H3,(H,21,24)(H,22,23). The van der Waals surface area contributed by atoms with Crippen molar-refractivity contribution in [1.29, 1.82) is 0 Å². The Kier molecular flexibility index (Phi) is 5.53. The first-order valence-corrected chi connectivity index (χ1v) is 9.63. The van der Waals surface area contributed by atoms with Crippen LogP contribution < -0.4 is 10.6 Å². The molecule has 5 heteroatoms. The Labute approximate surface area is 152 Å². The van der Waals surface area contributed by atoms with Gasteiger partial charge in [-0.2, -0.15) is 0 Å². The van der Waals surface area contributed by atoms with Gasteiger partial charge < -0.3 is 10.6 Å². The number of hydrogen-bond acceptors (Lipinski definition) is 3. The van der Waals surface area contributed by atoms with E-state index in [4.69, 9.17) is 0 Å². The fourth-order valence-electron chi connectivity index (χ4n) is 3.52. The lowest BCUT2D eigenvalue weighted by Crippen LogP contribution is -2.43. The van der Waals surface area contributed by atoms with Crippen molar-refractivity contribution in [2.24, 2.45) is 0 Å². The third kappa shape index (κ3) is 4.28. The molecule has 4 nitrogen and oxygen atoms in total. The molecule has 0 spiro atoms. The van der Waals surface area contributed by atoms with Crippen LogP contribution in [0.5, 0.6) is 0 Å². The maximum Gasteiger partial charge on any atom is 0.251 e. The zero-order valence-electron chi connectivity index (χ0n) is 14.5. The first-order valence-electron chi connectivity index (χ1n) is 8.75. The number of rotatable bonds is 6. The zero-order valence-corrected chi connectivity index (χ0v) is 15.3. The number of aryl methyl sites for hydroxylation is 1. The molecule has 0 saturated heterocycles. The minimum atomic E-state index is -0.215. The van der Waals surface area contributed by atoms with Gasteiger partial charge in [-0.1, -0.05) is 36.6 Å². The van der Waals surface area contributed by atoms with E-state index >= 15 is 0 Å². The molecule has 1 aliphatic carbocycles. The molecule has 0 bridgehead atoms. The SMILES string of the molecule is Cc1cccc(C(=O)NCC(=O)NCC2(c3cccs3)CCCC2)c1. The number of nitrogens with one attached hydrogen (secondary N) is 2. The van der Waals surface area contributed by atoms with Crippen LogP contribution in [-0.4, -0.2) is 24.9 Å². The number of benzene rings is 1. The van der Waals surface area contributed by atoms with Crippen LogP contribution in [0.25, 0.3) is 0 Å². The highest BCUT2D eigenvalue weighted by molar-refractivity contribution is 7.10. The highest BCUT2D eigenvalue weighted by atomic mass is 32.1. The molecule has 0 aliphatic heterocycles. The topological polar surface area (TPSA) is 58.2 Å². The second-order valence-electron chi connectivity index (χ2n) is 6.79. The molecule has 2 N–H and O–H groups in total. The van der Waals surface area contributed by atoms with E-state index in [2.05, 4.69) is 28.1 Å². The second kappa shape index (κ2) is 7.83. The first kappa shape index (κ1) is 17.7.